The number of fused-ring (bicyclic) bond motifs is 5. The maximum Gasteiger partial charge on any atom is 0.327 e. The lowest BCUT2D eigenvalue weighted by atomic mass is 9.62. The van der Waals surface area contributed by atoms with E-state index < -0.39 is 71.3 Å². The van der Waals surface area contributed by atoms with Crippen molar-refractivity contribution in [2.24, 2.45) is 11.3 Å². The van der Waals surface area contributed by atoms with E-state index in [2.05, 4.69) is 22.8 Å². The summed E-state index contributed by atoms with van der Waals surface area (Å²) in [5, 5.41) is 17.0. The smallest absolute Gasteiger partial charge is 0.327 e. The molecule has 2 aliphatic carbocycles. The number of ether oxygens (including phenoxy) is 5. The summed E-state index contributed by atoms with van der Waals surface area (Å²) >= 11 is 0. The molecular formula is C37H49N3O11. The normalized spacial score (nSPS) is 34.3. The minimum Gasteiger partial charge on any atom is -0.460 e. The van der Waals surface area contributed by atoms with Gasteiger partial charge in [0.2, 0.25) is 11.8 Å². The minimum absolute atomic E-state index is 0.00678. The molecule has 7 rings (SSSR count). The van der Waals surface area contributed by atoms with Gasteiger partial charge in [0.15, 0.2) is 6.04 Å². The van der Waals surface area contributed by atoms with E-state index in [0.29, 0.717) is 18.1 Å². The number of rotatable bonds is 13. The van der Waals surface area contributed by atoms with Gasteiger partial charge in [0.1, 0.15) is 42.2 Å². The SMILES string of the molecule is CC(C)(C)OC(=O)CCC(CO)NC(=O)CCNC(=O)C12CC3OC(=O)C1N(Cc1ccccc1C=CC1CCC4OC4C1)OC2C1OCOC31. The van der Waals surface area contributed by atoms with Crippen LogP contribution in [0, 0.1) is 11.3 Å². The molecule has 51 heavy (non-hydrogen) atoms. The number of hydroxylamine groups is 2. The fourth-order valence-corrected chi connectivity index (χ4v) is 8.34. The fourth-order valence-electron chi connectivity index (χ4n) is 8.34. The van der Waals surface area contributed by atoms with Crippen molar-refractivity contribution in [1.29, 1.82) is 0 Å². The maximum atomic E-state index is 14.3. The van der Waals surface area contributed by atoms with E-state index >= 15 is 0 Å². The number of aliphatic hydroxyl groups is 1. The Hall–Kier alpha value is -3.40. The number of nitrogens with one attached hydrogen (secondary N) is 2. The highest BCUT2D eigenvalue weighted by Crippen LogP contribution is 2.55. The molecule has 2 saturated carbocycles. The molecule has 3 N–H and O–H groups in total. The zero-order valence-corrected chi connectivity index (χ0v) is 29.4. The zero-order valence-electron chi connectivity index (χ0n) is 29.4. The van der Waals surface area contributed by atoms with E-state index in [9.17, 15) is 24.3 Å². The van der Waals surface area contributed by atoms with E-state index in [-0.39, 0.29) is 52.2 Å². The van der Waals surface area contributed by atoms with Crippen LogP contribution in [0.25, 0.3) is 6.08 Å². The lowest BCUT2D eigenvalue weighted by Crippen LogP contribution is -2.69. The first-order valence-electron chi connectivity index (χ1n) is 18.1. The van der Waals surface area contributed by atoms with Gasteiger partial charge in [0, 0.05) is 25.8 Å². The van der Waals surface area contributed by atoms with Gasteiger partial charge in [-0.15, -0.1) is 0 Å². The van der Waals surface area contributed by atoms with Gasteiger partial charge >= 0.3 is 11.9 Å². The molecule has 2 amide bonds. The van der Waals surface area contributed by atoms with Gasteiger partial charge in [0.25, 0.3) is 0 Å². The second kappa shape index (κ2) is 14.6. The summed E-state index contributed by atoms with van der Waals surface area (Å²) in [7, 11) is 0. The van der Waals surface area contributed by atoms with Crippen LogP contribution in [0.4, 0.5) is 0 Å². The molecule has 4 aliphatic heterocycles. The van der Waals surface area contributed by atoms with Gasteiger partial charge in [-0.05, 0) is 63.5 Å². The second-order valence-corrected chi connectivity index (χ2v) is 15.5. The Balaban J connectivity index is 1.02. The third-order valence-corrected chi connectivity index (χ3v) is 10.8. The molecular weight excluding hydrogens is 662 g/mol. The van der Waals surface area contributed by atoms with Crippen molar-refractivity contribution in [3.63, 3.8) is 0 Å². The first-order valence-corrected chi connectivity index (χ1v) is 18.1. The van der Waals surface area contributed by atoms with Crippen LogP contribution < -0.4 is 10.6 Å². The zero-order chi connectivity index (χ0) is 35.9. The number of hydrogen-bond acceptors (Lipinski definition) is 12. The lowest BCUT2D eigenvalue weighted by molar-refractivity contribution is -0.201. The number of hydrogen-bond donors (Lipinski definition) is 3. The third-order valence-electron chi connectivity index (χ3n) is 10.8. The molecule has 0 radical (unpaired) electrons. The molecule has 6 fully saturated rings. The van der Waals surface area contributed by atoms with Crippen LogP contribution in [-0.4, -0.2) is 108 Å². The summed E-state index contributed by atoms with van der Waals surface area (Å²) in [4.78, 5) is 59.5. The van der Waals surface area contributed by atoms with Gasteiger partial charge in [-0.2, -0.15) is 5.06 Å². The van der Waals surface area contributed by atoms with E-state index in [4.69, 9.17) is 28.5 Å². The lowest BCUT2D eigenvalue weighted by Gasteiger charge is -2.48. The monoisotopic (exact) mass is 711 g/mol. The van der Waals surface area contributed by atoms with Crippen LogP contribution in [0.5, 0.6) is 0 Å². The van der Waals surface area contributed by atoms with Crippen LogP contribution in [0.3, 0.4) is 0 Å². The highest BCUT2D eigenvalue weighted by atomic mass is 16.8. The van der Waals surface area contributed by atoms with Crippen molar-refractivity contribution < 1.29 is 52.8 Å². The number of carbonyl (C=O) groups is 4. The van der Waals surface area contributed by atoms with Gasteiger partial charge in [-0.1, -0.05) is 36.4 Å². The highest BCUT2D eigenvalue weighted by molar-refractivity contribution is 5.94. The Morgan fingerprint density at radius 3 is 2.69 bits per heavy atom. The average Bonchev–Trinajstić information content (AvgIpc) is 3.51. The first-order chi connectivity index (χ1) is 24.4. The standard InChI is InChI=1S/C37H49N3O11/c1-36(2,3)50-29(43)13-11-24(19-41)39-28(42)14-15-38-35(45)37-17-27-30-31(47-20-46-30)33(37)51-40(32(37)34(44)49-27)18-23-7-5-4-6-22(23)10-8-21-9-12-25-26(16-21)48-25/h4-8,10,21,24-27,30-33,41H,9,11-20H2,1-3H3,(H,38,45)(H,39,42). The Labute approximate surface area is 297 Å². The van der Waals surface area contributed by atoms with Crippen molar-refractivity contribution in [3.05, 3.63) is 41.5 Å². The van der Waals surface area contributed by atoms with Crippen molar-refractivity contribution in [2.45, 2.75) is 127 Å². The number of amides is 2. The number of allylic oxidation sites excluding steroid dienone is 1. The molecule has 0 aromatic heterocycles. The van der Waals surface area contributed by atoms with Crippen molar-refractivity contribution in [3.8, 4) is 0 Å². The number of epoxide rings is 1. The predicted octanol–water partition coefficient (Wildman–Crippen LogP) is 1.91. The van der Waals surface area contributed by atoms with Gasteiger partial charge < -0.3 is 39.4 Å². The molecule has 10 unspecified atom stereocenters. The van der Waals surface area contributed by atoms with E-state index in [1.165, 1.54) is 0 Å². The van der Waals surface area contributed by atoms with Gasteiger partial charge in [-0.3, -0.25) is 24.0 Å². The first kappa shape index (κ1) is 36.0. The van der Waals surface area contributed by atoms with Gasteiger partial charge in [0.05, 0.1) is 31.4 Å². The molecule has 14 nitrogen and oxygen atoms in total. The molecule has 6 aliphatic rings. The predicted molar refractivity (Wildman–Crippen MR) is 179 cm³/mol. The van der Waals surface area contributed by atoms with Crippen LogP contribution in [0.15, 0.2) is 30.3 Å². The largest absolute Gasteiger partial charge is 0.460 e. The van der Waals surface area contributed by atoms with Crippen LogP contribution in [0.2, 0.25) is 0 Å². The van der Waals surface area contributed by atoms with Crippen molar-refractivity contribution in [2.75, 3.05) is 19.9 Å². The summed E-state index contributed by atoms with van der Waals surface area (Å²) in [5.74, 6) is -1.39. The molecule has 0 spiro atoms. The molecule has 4 saturated heterocycles. The van der Waals surface area contributed by atoms with Crippen LogP contribution in [-0.2, 0) is 54.2 Å². The minimum atomic E-state index is -1.35. The number of esters is 2. The molecule has 2 bridgehead atoms. The van der Waals surface area contributed by atoms with Crippen LogP contribution in [0.1, 0.15) is 76.8 Å². The summed E-state index contributed by atoms with van der Waals surface area (Å²) in [6.07, 6.45) is 5.98. The van der Waals surface area contributed by atoms with Crippen LogP contribution >= 0.6 is 0 Å². The van der Waals surface area contributed by atoms with Crippen molar-refractivity contribution in [1.82, 2.24) is 15.7 Å². The highest BCUT2D eigenvalue weighted by Gasteiger charge is 2.74. The number of aliphatic hydroxyl groups excluding tert-OH is 1. The van der Waals surface area contributed by atoms with E-state index in [1.54, 1.807) is 25.8 Å². The van der Waals surface area contributed by atoms with E-state index in [0.717, 1.165) is 30.4 Å². The van der Waals surface area contributed by atoms with E-state index in [1.807, 2.05) is 24.3 Å². The topological polar surface area (TPSA) is 174 Å². The maximum absolute atomic E-state index is 14.3. The summed E-state index contributed by atoms with van der Waals surface area (Å²) in [6, 6.07) is 6.21. The van der Waals surface area contributed by atoms with Gasteiger partial charge in [-0.25, -0.2) is 0 Å². The quantitative estimate of drug-likeness (QED) is 0.201. The Bertz CT molecular complexity index is 1530. The molecule has 14 heteroatoms. The number of benzene rings is 1. The Kier molecular flexibility index (Phi) is 10.3. The summed E-state index contributed by atoms with van der Waals surface area (Å²) in [6.45, 7) is 5.14. The molecule has 278 valence electrons. The second-order valence-electron chi connectivity index (χ2n) is 15.5. The molecule has 1 aromatic rings. The number of carbonyl (C=O) groups excluding carboxylic acids is 4. The third kappa shape index (κ3) is 7.58. The Morgan fingerprint density at radius 1 is 1.10 bits per heavy atom. The molecule has 1 aromatic carbocycles. The Morgan fingerprint density at radius 2 is 1.90 bits per heavy atom. The summed E-state index contributed by atoms with van der Waals surface area (Å²) in [5.41, 5.74) is -0.0603. The average molecular weight is 712 g/mol. The fraction of sp³-hybridized carbons (Fsp3) is 0.676. The molecule has 4 heterocycles. The van der Waals surface area contributed by atoms with Crippen molar-refractivity contribution >= 4 is 29.8 Å². The summed E-state index contributed by atoms with van der Waals surface area (Å²) < 4.78 is 28.7. The number of nitrogens with zero attached hydrogens (tertiary/aromatic N) is 1. The molecule has 10 atom stereocenters.